The maximum Gasteiger partial charge on any atom is 0.330 e. The molecule has 0 saturated heterocycles. The monoisotopic (exact) mass is 238 g/mol. The van der Waals surface area contributed by atoms with Crippen LogP contribution in [0.25, 0.3) is 0 Å². The van der Waals surface area contributed by atoms with Crippen molar-refractivity contribution in [1.82, 2.24) is 0 Å². The summed E-state index contributed by atoms with van der Waals surface area (Å²) in [5.41, 5.74) is 0. The molecular formula is C14H22O3. The van der Waals surface area contributed by atoms with Crippen molar-refractivity contribution >= 4 is 11.8 Å². The van der Waals surface area contributed by atoms with Crippen molar-refractivity contribution in [3.8, 4) is 0 Å². The third kappa shape index (κ3) is 10.9. The van der Waals surface area contributed by atoms with E-state index in [1.54, 1.807) is 6.08 Å². The first-order valence-electron chi connectivity index (χ1n) is 6.07. The molecule has 0 aliphatic carbocycles. The molecular weight excluding hydrogens is 216 g/mol. The number of hydrogen-bond acceptors (Lipinski definition) is 3. The van der Waals surface area contributed by atoms with Crippen LogP contribution in [0.3, 0.4) is 0 Å². The average Bonchev–Trinajstić information content (AvgIpc) is 2.34. The van der Waals surface area contributed by atoms with Crippen molar-refractivity contribution in [2.75, 3.05) is 7.11 Å². The van der Waals surface area contributed by atoms with Crippen LogP contribution in [0.2, 0.25) is 0 Å². The number of esters is 1. The minimum Gasteiger partial charge on any atom is -0.466 e. The smallest absolute Gasteiger partial charge is 0.330 e. The Morgan fingerprint density at radius 1 is 1.12 bits per heavy atom. The van der Waals surface area contributed by atoms with Crippen LogP contribution in [0.15, 0.2) is 24.8 Å². The van der Waals surface area contributed by atoms with Gasteiger partial charge in [-0.3, -0.25) is 4.79 Å². The molecule has 0 amide bonds. The van der Waals surface area contributed by atoms with Crippen LogP contribution in [0, 0.1) is 0 Å². The summed E-state index contributed by atoms with van der Waals surface area (Å²) in [6.07, 6.45) is 10.8. The van der Waals surface area contributed by atoms with Crippen molar-refractivity contribution < 1.29 is 14.3 Å². The average molecular weight is 238 g/mol. The quantitative estimate of drug-likeness (QED) is 0.254. The van der Waals surface area contributed by atoms with Crippen molar-refractivity contribution in [3.05, 3.63) is 24.8 Å². The van der Waals surface area contributed by atoms with Gasteiger partial charge in [-0.2, -0.15) is 0 Å². The number of allylic oxidation sites excluding steroid dienone is 2. The standard InChI is InChI=1S/C14H22O3/c1-3-4-5-7-10-13(15)11-8-6-9-12-14(16)17-2/h3,9,12H,1,4-8,10-11H2,2H3/b12-9+. The Kier molecular flexibility index (Phi) is 10.2. The van der Waals surface area contributed by atoms with E-state index in [9.17, 15) is 9.59 Å². The summed E-state index contributed by atoms with van der Waals surface area (Å²) in [7, 11) is 1.35. The summed E-state index contributed by atoms with van der Waals surface area (Å²) in [6, 6.07) is 0. The first-order chi connectivity index (χ1) is 8.20. The molecule has 0 atom stereocenters. The molecule has 0 radical (unpaired) electrons. The first-order valence-corrected chi connectivity index (χ1v) is 6.07. The van der Waals surface area contributed by atoms with E-state index in [2.05, 4.69) is 11.3 Å². The highest BCUT2D eigenvalue weighted by molar-refractivity contribution is 5.81. The summed E-state index contributed by atoms with van der Waals surface area (Å²) in [4.78, 5) is 22.1. The van der Waals surface area contributed by atoms with E-state index in [0.29, 0.717) is 18.6 Å². The first kappa shape index (κ1) is 15.6. The molecule has 0 unspecified atom stereocenters. The molecule has 0 bridgehead atoms. The topological polar surface area (TPSA) is 43.4 Å². The molecule has 0 spiro atoms. The van der Waals surface area contributed by atoms with Gasteiger partial charge in [-0.05, 0) is 32.1 Å². The Morgan fingerprint density at radius 3 is 2.47 bits per heavy atom. The molecule has 0 rings (SSSR count). The fraction of sp³-hybridized carbons (Fsp3) is 0.571. The lowest BCUT2D eigenvalue weighted by Crippen LogP contribution is -1.97. The van der Waals surface area contributed by atoms with Crippen LogP contribution >= 0.6 is 0 Å². The van der Waals surface area contributed by atoms with E-state index in [1.165, 1.54) is 13.2 Å². The second-order valence-electron chi connectivity index (χ2n) is 3.89. The van der Waals surface area contributed by atoms with Crippen LogP contribution in [0.4, 0.5) is 0 Å². The molecule has 3 heteroatoms. The number of unbranched alkanes of at least 4 members (excludes halogenated alkanes) is 3. The lowest BCUT2D eigenvalue weighted by Gasteiger charge is -1.98. The fourth-order valence-corrected chi connectivity index (χ4v) is 1.40. The molecule has 0 aliphatic heterocycles. The van der Waals surface area contributed by atoms with Gasteiger partial charge in [0.2, 0.25) is 0 Å². The number of hydrogen-bond donors (Lipinski definition) is 0. The highest BCUT2D eigenvalue weighted by Gasteiger charge is 2.00. The van der Waals surface area contributed by atoms with Crippen LogP contribution in [0.5, 0.6) is 0 Å². The maximum atomic E-state index is 11.4. The second kappa shape index (κ2) is 11.1. The van der Waals surface area contributed by atoms with Gasteiger partial charge in [0.05, 0.1) is 7.11 Å². The molecule has 17 heavy (non-hydrogen) atoms. The minimum absolute atomic E-state index is 0.306. The van der Waals surface area contributed by atoms with Crippen molar-refractivity contribution in [3.63, 3.8) is 0 Å². The Morgan fingerprint density at radius 2 is 1.82 bits per heavy atom. The molecule has 0 aromatic rings. The van der Waals surface area contributed by atoms with Gasteiger partial charge in [0.1, 0.15) is 5.78 Å². The number of carbonyl (C=O) groups is 2. The molecule has 0 N–H and O–H groups in total. The molecule has 0 aromatic carbocycles. The fourth-order valence-electron chi connectivity index (χ4n) is 1.40. The van der Waals surface area contributed by atoms with Crippen molar-refractivity contribution in [2.24, 2.45) is 0 Å². The lowest BCUT2D eigenvalue weighted by molar-refractivity contribution is -0.134. The summed E-state index contributed by atoms with van der Waals surface area (Å²) in [5.74, 6) is -0.0405. The van der Waals surface area contributed by atoms with E-state index in [1.807, 2.05) is 6.08 Å². The van der Waals surface area contributed by atoms with Gasteiger partial charge >= 0.3 is 5.97 Å². The molecule has 0 fully saturated rings. The van der Waals surface area contributed by atoms with E-state index in [0.717, 1.165) is 32.1 Å². The third-order valence-corrected chi connectivity index (χ3v) is 2.40. The predicted octanol–water partition coefficient (Wildman–Crippen LogP) is 3.20. The molecule has 0 aliphatic rings. The number of methoxy groups -OCH3 is 1. The predicted molar refractivity (Wildman–Crippen MR) is 68.7 cm³/mol. The SMILES string of the molecule is C=CCCCCC(=O)CCC/C=C/C(=O)OC. The van der Waals surface area contributed by atoms with Gasteiger partial charge in [-0.1, -0.05) is 12.2 Å². The van der Waals surface area contributed by atoms with E-state index in [4.69, 9.17) is 0 Å². The van der Waals surface area contributed by atoms with Gasteiger partial charge in [-0.15, -0.1) is 6.58 Å². The number of ether oxygens (including phenoxy) is 1. The Labute approximate surface area is 104 Å². The Bertz CT molecular complexity index is 267. The number of ketones is 1. The van der Waals surface area contributed by atoms with Crippen molar-refractivity contribution in [1.29, 1.82) is 0 Å². The summed E-state index contributed by atoms with van der Waals surface area (Å²) >= 11 is 0. The molecule has 0 heterocycles. The zero-order chi connectivity index (χ0) is 12.9. The van der Waals surface area contributed by atoms with Crippen LogP contribution in [-0.2, 0) is 14.3 Å². The van der Waals surface area contributed by atoms with Gasteiger partial charge in [-0.25, -0.2) is 4.79 Å². The largest absolute Gasteiger partial charge is 0.466 e. The zero-order valence-corrected chi connectivity index (χ0v) is 10.6. The zero-order valence-electron chi connectivity index (χ0n) is 10.6. The highest BCUT2D eigenvalue weighted by atomic mass is 16.5. The maximum absolute atomic E-state index is 11.4. The van der Waals surface area contributed by atoms with E-state index < -0.39 is 0 Å². The summed E-state index contributed by atoms with van der Waals surface area (Å²) < 4.78 is 4.45. The normalized spacial score (nSPS) is 10.4. The molecule has 0 saturated carbocycles. The lowest BCUT2D eigenvalue weighted by atomic mass is 10.1. The van der Waals surface area contributed by atoms with Gasteiger partial charge in [0.25, 0.3) is 0 Å². The van der Waals surface area contributed by atoms with Gasteiger partial charge < -0.3 is 4.74 Å². The van der Waals surface area contributed by atoms with Gasteiger partial charge in [0, 0.05) is 18.9 Å². The number of Topliss-reactive ketones (excluding diaryl/α,β-unsaturated/α-hetero) is 1. The molecule has 0 aromatic heterocycles. The highest BCUT2D eigenvalue weighted by Crippen LogP contribution is 2.06. The van der Waals surface area contributed by atoms with Crippen LogP contribution in [0.1, 0.15) is 44.9 Å². The second-order valence-corrected chi connectivity index (χ2v) is 3.89. The van der Waals surface area contributed by atoms with Crippen molar-refractivity contribution in [2.45, 2.75) is 44.9 Å². The van der Waals surface area contributed by atoms with Crippen LogP contribution in [-0.4, -0.2) is 18.9 Å². The van der Waals surface area contributed by atoms with E-state index >= 15 is 0 Å². The molecule has 96 valence electrons. The Balaban J connectivity index is 3.41. The van der Waals surface area contributed by atoms with Gasteiger partial charge in [0.15, 0.2) is 0 Å². The minimum atomic E-state index is -0.347. The number of rotatable bonds is 10. The summed E-state index contributed by atoms with van der Waals surface area (Å²) in [5, 5.41) is 0. The summed E-state index contributed by atoms with van der Waals surface area (Å²) in [6.45, 7) is 3.64. The molecule has 3 nitrogen and oxygen atoms in total. The Hall–Kier alpha value is -1.38. The number of carbonyl (C=O) groups excluding carboxylic acids is 2. The van der Waals surface area contributed by atoms with E-state index in [-0.39, 0.29) is 5.97 Å². The third-order valence-electron chi connectivity index (χ3n) is 2.40. The van der Waals surface area contributed by atoms with Crippen LogP contribution < -0.4 is 0 Å².